The first-order chi connectivity index (χ1) is 10.1. The summed E-state index contributed by atoms with van der Waals surface area (Å²) in [5, 5.41) is 8.69. The molecule has 0 saturated heterocycles. The summed E-state index contributed by atoms with van der Waals surface area (Å²) in [7, 11) is 0. The van der Waals surface area contributed by atoms with Crippen LogP contribution in [0.5, 0.6) is 0 Å². The molecule has 1 aliphatic rings. The van der Waals surface area contributed by atoms with Crippen LogP contribution in [0, 0.1) is 0 Å². The smallest absolute Gasteiger partial charge is 0.319 e. The fourth-order valence-corrected chi connectivity index (χ4v) is 2.60. The summed E-state index contributed by atoms with van der Waals surface area (Å²) < 4.78 is 0.942. The van der Waals surface area contributed by atoms with Gasteiger partial charge in [0.25, 0.3) is 0 Å². The topological polar surface area (TPSA) is 82.6 Å². The third-order valence-corrected chi connectivity index (χ3v) is 3.99. The number of thioether (sulfide) groups is 1. The maximum atomic E-state index is 11.6. The Bertz CT molecular complexity index is 548. The lowest BCUT2D eigenvalue weighted by molar-refractivity contribution is -0.119. The second-order valence-corrected chi connectivity index (χ2v) is 6.22. The third-order valence-electron chi connectivity index (χ3n) is 2.57. The summed E-state index contributed by atoms with van der Waals surface area (Å²) >= 11 is 4.85. The first kappa shape index (κ1) is 15.8. The van der Waals surface area contributed by atoms with Crippen molar-refractivity contribution < 1.29 is 9.59 Å². The minimum Gasteiger partial charge on any atom is -0.337 e. The number of carbonyl (C=O) groups excluding carboxylic acids is 2. The normalized spacial score (nSPS) is 13.5. The monoisotopic (exact) mass is 370 g/mol. The van der Waals surface area contributed by atoms with Gasteiger partial charge in [-0.3, -0.25) is 9.79 Å². The number of halogens is 1. The van der Waals surface area contributed by atoms with Crippen LogP contribution < -0.4 is 16.0 Å². The van der Waals surface area contributed by atoms with Gasteiger partial charge in [0.1, 0.15) is 0 Å². The standard InChI is InChI=1S/C13H15BrN4O2S/c14-9-1-3-10(4-2-9)17-12(20)15-6-5-11(19)18-13-16-7-8-21-13/h1-4H,5-8H2,(H2,15,17,20)(H,16,18,19). The number of nitrogens with one attached hydrogen (secondary N) is 3. The summed E-state index contributed by atoms with van der Waals surface area (Å²) in [5.41, 5.74) is 0.692. The highest BCUT2D eigenvalue weighted by molar-refractivity contribution is 9.10. The van der Waals surface area contributed by atoms with E-state index in [1.165, 1.54) is 11.8 Å². The Labute approximate surface area is 135 Å². The molecule has 0 bridgehead atoms. The molecule has 1 aromatic rings. The Morgan fingerprint density at radius 3 is 2.67 bits per heavy atom. The number of rotatable bonds is 4. The Balaban J connectivity index is 1.64. The van der Waals surface area contributed by atoms with Crippen molar-refractivity contribution in [2.75, 3.05) is 24.2 Å². The number of nitrogens with zero attached hydrogens (tertiary/aromatic N) is 1. The van der Waals surface area contributed by atoms with Gasteiger partial charge in [-0.25, -0.2) is 4.79 Å². The van der Waals surface area contributed by atoms with E-state index in [9.17, 15) is 9.59 Å². The fraction of sp³-hybridized carbons (Fsp3) is 0.308. The molecule has 0 unspecified atom stereocenters. The molecule has 3 N–H and O–H groups in total. The van der Waals surface area contributed by atoms with Gasteiger partial charge in [-0.05, 0) is 24.3 Å². The quantitative estimate of drug-likeness (QED) is 0.759. The minimum atomic E-state index is -0.335. The van der Waals surface area contributed by atoms with E-state index < -0.39 is 0 Å². The number of urea groups is 1. The fourth-order valence-electron chi connectivity index (χ4n) is 1.59. The average molecular weight is 371 g/mol. The lowest BCUT2D eigenvalue weighted by Gasteiger charge is -2.08. The Kier molecular flexibility index (Phi) is 6.06. The zero-order chi connectivity index (χ0) is 15.1. The lowest BCUT2D eigenvalue weighted by Crippen LogP contribution is -2.34. The largest absolute Gasteiger partial charge is 0.337 e. The van der Waals surface area contributed by atoms with Crippen LogP contribution in [0.2, 0.25) is 0 Å². The van der Waals surface area contributed by atoms with Crippen LogP contribution in [0.4, 0.5) is 10.5 Å². The summed E-state index contributed by atoms with van der Waals surface area (Å²) in [6.45, 7) is 1.01. The van der Waals surface area contributed by atoms with Gasteiger partial charge in [0.05, 0.1) is 6.54 Å². The number of hydrogen-bond acceptors (Lipinski definition) is 4. The van der Waals surface area contributed by atoms with Crippen molar-refractivity contribution in [2.24, 2.45) is 4.99 Å². The van der Waals surface area contributed by atoms with Crippen LogP contribution in [0.25, 0.3) is 0 Å². The number of benzene rings is 1. The summed E-state index contributed by atoms with van der Waals surface area (Å²) in [6.07, 6.45) is 0.216. The molecule has 0 atom stereocenters. The van der Waals surface area contributed by atoms with Crippen molar-refractivity contribution >= 4 is 50.5 Å². The molecule has 6 nitrogen and oxygen atoms in total. The van der Waals surface area contributed by atoms with Crippen LogP contribution in [0.3, 0.4) is 0 Å². The first-order valence-corrected chi connectivity index (χ1v) is 8.19. The molecule has 2 rings (SSSR count). The molecule has 8 heteroatoms. The summed E-state index contributed by atoms with van der Waals surface area (Å²) in [6, 6.07) is 6.90. The van der Waals surface area contributed by atoms with E-state index in [1.54, 1.807) is 12.1 Å². The minimum absolute atomic E-state index is 0.146. The molecule has 0 saturated carbocycles. The molecule has 0 aromatic heterocycles. The first-order valence-electron chi connectivity index (χ1n) is 6.41. The molecule has 1 heterocycles. The second kappa shape index (κ2) is 8.04. The molecule has 0 fully saturated rings. The highest BCUT2D eigenvalue weighted by Crippen LogP contribution is 2.13. The van der Waals surface area contributed by atoms with Gasteiger partial charge in [0.2, 0.25) is 5.91 Å². The van der Waals surface area contributed by atoms with Gasteiger partial charge in [-0.15, -0.1) is 0 Å². The number of carbonyl (C=O) groups is 2. The Hall–Kier alpha value is -1.54. The van der Waals surface area contributed by atoms with Crippen molar-refractivity contribution in [3.05, 3.63) is 28.7 Å². The molecule has 0 spiro atoms. The van der Waals surface area contributed by atoms with E-state index in [0.717, 1.165) is 16.8 Å². The predicted molar refractivity (Wildman–Crippen MR) is 88.7 cm³/mol. The van der Waals surface area contributed by atoms with Gasteiger partial charge in [0, 0.05) is 28.9 Å². The molecule has 0 radical (unpaired) electrons. The Morgan fingerprint density at radius 2 is 2.00 bits per heavy atom. The van der Waals surface area contributed by atoms with Crippen LogP contribution in [-0.4, -0.2) is 35.9 Å². The van der Waals surface area contributed by atoms with Crippen LogP contribution in [0.1, 0.15) is 6.42 Å². The highest BCUT2D eigenvalue weighted by Gasteiger charge is 2.10. The van der Waals surface area contributed by atoms with E-state index in [0.29, 0.717) is 10.9 Å². The lowest BCUT2D eigenvalue weighted by atomic mass is 10.3. The van der Waals surface area contributed by atoms with Gasteiger partial charge in [-0.1, -0.05) is 27.7 Å². The van der Waals surface area contributed by atoms with Crippen molar-refractivity contribution in [3.63, 3.8) is 0 Å². The van der Waals surface area contributed by atoms with Gasteiger partial charge in [-0.2, -0.15) is 0 Å². The second-order valence-electron chi connectivity index (χ2n) is 4.22. The molecular weight excluding hydrogens is 356 g/mol. The van der Waals surface area contributed by atoms with Crippen LogP contribution in [0.15, 0.2) is 33.7 Å². The van der Waals surface area contributed by atoms with Crippen molar-refractivity contribution in [2.45, 2.75) is 6.42 Å². The van der Waals surface area contributed by atoms with Crippen LogP contribution >= 0.6 is 27.7 Å². The molecule has 21 heavy (non-hydrogen) atoms. The molecular formula is C13H15BrN4O2S. The van der Waals surface area contributed by atoms with Gasteiger partial charge >= 0.3 is 6.03 Å². The predicted octanol–water partition coefficient (Wildman–Crippen LogP) is 2.18. The van der Waals surface area contributed by atoms with Crippen LogP contribution in [-0.2, 0) is 4.79 Å². The SMILES string of the molecule is O=C(CCNC(=O)Nc1ccc(Br)cc1)NC1=NCCS1. The van der Waals surface area contributed by atoms with E-state index in [1.807, 2.05) is 12.1 Å². The molecule has 1 aromatic carbocycles. The summed E-state index contributed by atoms with van der Waals surface area (Å²) in [5.74, 6) is 0.760. The number of aliphatic imine (C=N–C) groups is 1. The molecule has 3 amide bonds. The number of anilines is 1. The van der Waals surface area contributed by atoms with E-state index in [2.05, 4.69) is 36.9 Å². The number of amidine groups is 1. The molecule has 0 aliphatic carbocycles. The number of hydrogen-bond donors (Lipinski definition) is 3. The van der Waals surface area contributed by atoms with Crippen molar-refractivity contribution in [1.29, 1.82) is 0 Å². The van der Waals surface area contributed by atoms with Gasteiger partial charge in [0.15, 0.2) is 5.17 Å². The maximum absolute atomic E-state index is 11.6. The van der Waals surface area contributed by atoms with Crippen molar-refractivity contribution in [3.8, 4) is 0 Å². The van der Waals surface area contributed by atoms with Crippen molar-refractivity contribution in [1.82, 2.24) is 10.6 Å². The van der Waals surface area contributed by atoms with E-state index in [4.69, 9.17) is 0 Å². The summed E-state index contributed by atoms with van der Waals surface area (Å²) in [4.78, 5) is 27.3. The van der Waals surface area contributed by atoms with Gasteiger partial charge < -0.3 is 16.0 Å². The third kappa shape index (κ3) is 5.76. The zero-order valence-electron chi connectivity index (χ0n) is 11.2. The average Bonchev–Trinajstić information content (AvgIpc) is 2.94. The maximum Gasteiger partial charge on any atom is 0.319 e. The molecule has 1 aliphatic heterocycles. The number of amides is 3. The van der Waals surface area contributed by atoms with E-state index in [-0.39, 0.29) is 24.9 Å². The highest BCUT2D eigenvalue weighted by atomic mass is 79.9. The van der Waals surface area contributed by atoms with E-state index >= 15 is 0 Å². The molecule has 112 valence electrons. The Morgan fingerprint density at radius 1 is 1.24 bits per heavy atom. The zero-order valence-corrected chi connectivity index (χ0v) is 13.6.